The number of piperidine rings is 1. The van der Waals surface area contributed by atoms with Gasteiger partial charge in [-0.05, 0) is 146 Å². The molecule has 0 radical (unpaired) electrons. The molecule has 7 aliphatic rings. The number of ether oxygens (including phenoxy) is 4. The van der Waals surface area contributed by atoms with Crippen molar-refractivity contribution in [3.05, 3.63) is 99.6 Å². The monoisotopic (exact) mass is 940 g/mol. The molecule has 13 nitrogen and oxygen atoms in total. The predicted octanol–water partition coefficient (Wildman–Crippen LogP) is 10.5. The molecular formula is C54H64N6O7S. The van der Waals surface area contributed by atoms with Crippen LogP contribution in [0.25, 0.3) is 6.08 Å². The summed E-state index contributed by atoms with van der Waals surface area (Å²) in [6.07, 6.45) is 14.0. The number of nitrogens with zero attached hydrogens (tertiary/aromatic N) is 4. The molecule has 3 aliphatic carbocycles. The zero-order valence-corrected chi connectivity index (χ0v) is 40.3. The third-order valence-corrected chi connectivity index (χ3v) is 16.8. The minimum absolute atomic E-state index is 0.00596. The molecule has 4 aromatic rings. The average Bonchev–Trinajstić information content (AvgIpc) is 4.00. The van der Waals surface area contributed by atoms with Crippen molar-refractivity contribution in [3.63, 3.8) is 0 Å². The Morgan fingerprint density at radius 1 is 0.985 bits per heavy atom. The maximum absolute atomic E-state index is 14.3. The number of aromatic nitrogens is 1. The first kappa shape index (κ1) is 45.3. The van der Waals surface area contributed by atoms with E-state index in [4.69, 9.17) is 23.9 Å². The molecule has 5 fully saturated rings. The number of fused-ring (bicyclic) bond motifs is 2. The van der Waals surface area contributed by atoms with Gasteiger partial charge >= 0.3 is 0 Å². The molecule has 358 valence electrons. The minimum atomic E-state index is -0.638. The Bertz CT molecular complexity index is 2570. The van der Waals surface area contributed by atoms with Crippen molar-refractivity contribution in [1.82, 2.24) is 14.6 Å². The number of carbonyl (C=O) groups is 1. The first-order chi connectivity index (χ1) is 33.0. The van der Waals surface area contributed by atoms with Gasteiger partial charge in [0.05, 0.1) is 36.1 Å². The van der Waals surface area contributed by atoms with Gasteiger partial charge in [-0.25, -0.2) is 4.98 Å². The van der Waals surface area contributed by atoms with Crippen LogP contribution in [0.4, 0.5) is 17.1 Å². The zero-order valence-electron chi connectivity index (χ0n) is 39.5. The SMILES string of the molecule is CC(C)c1ccccc1[C@H]1CCC[C@H]1N1CC2(CCN(c3ccc(C(=O)NSc4cc(N=O)c5c(c4)OC[C@H]([C@H]4CC[C@](C)(O)CC4)N5)c(Oc4cc5c(nc4OC4COC4)CC=C5)c3)CC2)C1. The number of allylic oxidation sites excluding steroid dienone is 1. The van der Waals surface area contributed by atoms with Gasteiger partial charge in [0.2, 0.25) is 0 Å². The molecule has 3 N–H and O–H groups in total. The highest BCUT2D eigenvalue weighted by Gasteiger charge is 2.49. The number of pyridine rings is 1. The fourth-order valence-corrected chi connectivity index (χ4v) is 12.7. The van der Waals surface area contributed by atoms with Crippen molar-refractivity contribution in [1.29, 1.82) is 0 Å². The lowest BCUT2D eigenvalue weighted by atomic mass is 9.70. The maximum atomic E-state index is 14.3. The highest BCUT2D eigenvalue weighted by atomic mass is 32.2. The summed E-state index contributed by atoms with van der Waals surface area (Å²) in [7, 11) is 0. The Balaban J connectivity index is 0.802. The standard InChI is InChI=1S/C54H64N6O7S/c1-33(2)39-9-4-5-10-40(39)41-11-7-13-46(41)60-31-54(32-60)20-22-59(23-21-54)36-14-15-42(47(25-36)67-49-24-35-8-6-12-43(35)56-52(49)66-37-28-64-29-37)51(61)58-68-38-26-44(57-63)50-48(27-38)65-30-45(55-50)34-16-18-53(3,62)19-17-34/h4-6,8-10,14-15,24-27,33-34,37,41,45-46,55,62H,7,11-13,16-23,28-32H2,1-3H3,(H,58,61)/t34-,41-,45-,46-,53-/m1/s1. The van der Waals surface area contributed by atoms with E-state index in [0.717, 1.165) is 93.6 Å². The van der Waals surface area contributed by atoms with E-state index >= 15 is 0 Å². The second-order valence-electron chi connectivity index (χ2n) is 21.1. The van der Waals surface area contributed by atoms with Crippen LogP contribution in [0.2, 0.25) is 0 Å². The number of hydrogen-bond donors (Lipinski definition) is 3. The summed E-state index contributed by atoms with van der Waals surface area (Å²) in [4.78, 5) is 37.2. The largest absolute Gasteiger partial charge is 0.489 e. The van der Waals surface area contributed by atoms with E-state index in [-0.39, 0.29) is 23.7 Å². The molecule has 4 aliphatic heterocycles. The fraction of sp³-hybridized carbons (Fsp3) is 0.519. The Morgan fingerprint density at radius 2 is 1.79 bits per heavy atom. The first-order valence-corrected chi connectivity index (χ1v) is 25.8. The summed E-state index contributed by atoms with van der Waals surface area (Å²) in [5.41, 5.74) is 6.77. The van der Waals surface area contributed by atoms with E-state index in [0.29, 0.717) is 94.7 Å². The van der Waals surface area contributed by atoms with Gasteiger partial charge in [-0.2, -0.15) is 0 Å². The molecule has 3 saturated heterocycles. The molecule has 14 heteroatoms. The van der Waals surface area contributed by atoms with E-state index in [2.05, 4.69) is 69.2 Å². The van der Waals surface area contributed by atoms with E-state index in [1.807, 2.05) is 43.3 Å². The smallest absolute Gasteiger partial charge is 0.265 e. The van der Waals surface area contributed by atoms with Gasteiger partial charge in [0.25, 0.3) is 11.8 Å². The van der Waals surface area contributed by atoms with Gasteiger partial charge in [-0.1, -0.05) is 56.7 Å². The number of nitroso groups, excluding NO2 is 1. The van der Waals surface area contributed by atoms with Gasteiger partial charge < -0.3 is 34.3 Å². The molecule has 1 spiro atoms. The zero-order chi connectivity index (χ0) is 46.6. The summed E-state index contributed by atoms with van der Waals surface area (Å²) < 4.78 is 27.7. The van der Waals surface area contributed by atoms with E-state index in [9.17, 15) is 14.8 Å². The normalized spacial score (nSPS) is 26.3. The molecular weight excluding hydrogens is 877 g/mol. The van der Waals surface area contributed by atoms with E-state index in [1.165, 1.54) is 24.8 Å². The van der Waals surface area contributed by atoms with Crippen molar-refractivity contribution in [3.8, 4) is 23.1 Å². The van der Waals surface area contributed by atoms with Crippen LogP contribution in [-0.2, 0) is 11.2 Å². The highest BCUT2D eigenvalue weighted by Crippen LogP contribution is 2.50. The predicted molar refractivity (Wildman–Crippen MR) is 266 cm³/mol. The average molecular weight is 941 g/mol. The summed E-state index contributed by atoms with van der Waals surface area (Å²) in [5.74, 6) is 2.82. The van der Waals surface area contributed by atoms with Crippen molar-refractivity contribution in [2.45, 2.75) is 125 Å². The van der Waals surface area contributed by atoms with Gasteiger partial charge in [0.1, 0.15) is 35.6 Å². The maximum Gasteiger partial charge on any atom is 0.265 e. The molecule has 3 atom stereocenters. The quantitative estimate of drug-likeness (QED) is 0.0866. The Hall–Kier alpha value is -5.15. The summed E-state index contributed by atoms with van der Waals surface area (Å²) >= 11 is 1.09. The molecule has 1 aromatic heterocycles. The van der Waals surface area contributed by atoms with Crippen molar-refractivity contribution in [2.24, 2.45) is 16.5 Å². The van der Waals surface area contributed by atoms with Gasteiger partial charge in [-0.15, -0.1) is 4.91 Å². The van der Waals surface area contributed by atoms with Crippen molar-refractivity contribution >= 4 is 41.0 Å². The van der Waals surface area contributed by atoms with Crippen LogP contribution in [0.15, 0.2) is 76.8 Å². The lowest BCUT2D eigenvalue weighted by Gasteiger charge is -2.57. The van der Waals surface area contributed by atoms with Crippen LogP contribution in [0.3, 0.4) is 0 Å². The molecule has 0 bridgehead atoms. The number of carbonyl (C=O) groups excluding carboxylic acids is 1. The third kappa shape index (κ3) is 9.09. The third-order valence-electron chi connectivity index (χ3n) is 16.1. The molecule has 0 unspecified atom stereocenters. The number of anilines is 2. The van der Waals surface area contributed by atoms with Crippen LogP contribution in [-0.4, -0.2) is 90.7 Å². The van der Waals surface area contributed by atoms with E-state index in [1.54, 1.807) is 11.6 Å². The Kier molecular flexibility index (Phi) is 12.4. The summed E-state index contributed by atoms with van der Waals surface area (Å²) in [6.45, 7) is 12.1. The van der Waals surface area contributed by atoms with Gasteiger partial charge in [0.15, 0.2) is 5.75 Å². The van der Waals surface area contributed by atoms with Gasteiger partial charge in [-0.3, -0.25) is 14.4 Å². The molecule has 11 rings (SSSR count). The van der Waals surface area contributed by atoms with Crippen LogP contribution >= 0.6 is 11.9 Å². The molecule has 3 aromatic carbocycles. The molecule has 68 heavy (non-hydrogen) atoms. The van der Waals surface area contributed by atoms with Crippen LogP contribution < -0.4 is 29.1 Å². The number of aliphatic hydroxyl groups is 1. The number of likely N-dealkylation sites (tertiary alicyclic amines) is 1. The number of nitrogens with one attached hydrogen (secondary N) is 2. The minimum Gasteiger partial charge on any atom is -0.489 e. The lowest BCUT2D eigenvalue weighted by Crippen LogP contribution is -2.63. The first-order valence-electron chi connectivity index (χ1n) is 25.0. The number of amides is 1. The fourth-order valence-electron chi connectivity index (χ4n) is 12.0. The molecule has 1 amide bonds. The number of rotatable bonds is 13. The lowest BCUT2D eigenvalue weighted by molar-refractivity contribution is -0.0819. The van der Waals surface area contributed by atoms with Crippen molar-refractivity contribution < 1.29 is 28.8 Å². The van der Waals surface area contributed by atoms with Gasteiger partial charge in [0, 0.05) is 55.3 Å². The second kappa shape index (κ2) is 18.6. The molecule has 5 heterocycles. The Labute approximate surface area is 403 Å². The number of hydrogen-bond acceptors (Lipinski definition) is 13. The van der Waals surface area contributed by atoms with Crippen molar-refractivity contribution in [2.75, 3.05) is 56.2 Å². The molecule has 2 saturated carbocycles. The Morgan fingerprint density at radius 3 is 2.56 bits per heavy atom. The van der Waals surface area contributed by atoms with Crippen LogP contribution in [0.5, 0.6) is 23.1 Å². The number of benzene rings is 3. The van der Waals surface area contributed by atoms with Crippen LogP contribution in [0.1, 0.15) is 123 Å². The van der Waals surface area contributed by atoms with E-state index < -0.39 is 5.60 Å². The van der Waals surface area contributed by atoms with Crippen LogP contribution in [0, 0.1) is 16.2 Å². The second-order valence-corrected chi connectivity index (χ2v) is 22.0. The summed E-state index contributed by atoms with van der Waals surface area (Å²) in [6, 6.07) is 21.1. The summed E-state index contributed by atoms with van der Waals surface area (Å²) in [5, 5.41) is 17.4. The highest BCUT2D eigenvalue weighted by molar-refractivity contribution is 7.98. The topological polar surface area (TPSA) is 147 Å².